The molecule has 1 aliphatic rings. The average Bonchev–Trinajstić information content (AvgIpc) is 2.68. The van der Waals surface area contributed by atoms with Crippen LogP contribution >= 0.6 is 39.0 Å². The monoisotopic (exact) mass is 319 g/mol. The third kappa shape index (κ3) is 2.31. The van der Waals surface area contributed by atoms with Crippen LogP contribution in [0.3, 0.4) is 0 Å². The first-order chi connectivity index (χ1) is 7.61. The zero-order valence-electron chi connectivity index (χ0n) is 9.27. The fourth-order valence-corrected chi connectivity index (χ4v) is 4.39. The Labute approximate surface area is 113 Å². The quantitative estimate of drug-likeness (QED) is 0.790. The number of carbonyl (C=O) groups excluding carboxylic acids is 1. The highest BCUT2D eigenvalue weighted by Gasteiger charge is 2.30. The van der Waals surface area contributed by atoms with E-state index in [4.69, 9.17) is 0 Å². The smallest absolute Gasteiger partial charge is 0.265 e. The lowest BCUT2D eigenvalue weighted by Crippen LogP contribution is -2.47. The summed E-state index contributed by atoms with van der Waals surface area (Å²) >= 11 is 6.88. The van der Waals surface area contributed by atoms with Gasteiger partial charge in [-0.2, -0.15) is 11.8 Å². The number of hydrogen-bond donors (Lipinski definition) is 0. The van der Waals surface area contributed by atoms with E-state index < -0.39 is 0 Å². The maximum atomic E-state index is 12.3. The van der Waals surface area contributed by atoms with Crippen LogP contribution in [0.25, 0.3) is 0 Å². The lowest BCUT2D eigenvalue weighted by molar-refractivity contribution is 0.0702. The number of carbonyl (C=O) groups is 1. The largest absolute Gasteiger partial charge is 0.333 e. The first-order valence-electron chi connectivity index (χ1n) is 5.27. The van der Waals surface area contributed by atoms with Crippen molar-refractivity contribution >= 4 is 44.9 Å². The van der Waals surface area contributed by atoms with E-state index in [1.54, 1.807) is 0 Å². The summed E-state index contributed by atoms with van der Waals surface area (Å²) in [5.74, 6) is 1.21. The zero-order chi connectivity index (χ0) is 11.7. The molecule has 5 heteroatoms. The van der Waals surface area contributed by atoms with Crippen molar-refractivity contribution < 1.29 is 4.79 Å². The maximum Gasteiger partial charge on any atom is 0.265 e. The van der Waals surface area contributed by atoms with Gasteiger partial charge in [-0.3, -0.25) is 4.79 Å². The third-order valence-electron chi connectivity index (χ3n) is 2.96. The fraction of sp³-hybridized carbons (Fsp3) is 0.545. The third-order valence-corrected chi connectivity index (χ3v) is 6.12. The molecule has 2 atom stereocenters. The van der Waals surface area contributed by atoms with E-state index in [1.165, 1.54) is 11.3 Å². The minimum Gasteiger partial charge on any atom is -0.333 e. The van der Waals surface area contributed by atoms with Gasteiger partial charge in [0.2, 0.25) is 0 Å². The summed E-state index contributed by atoms with van der Waals surface area (Å²) in [6.45, 7) is 5.19. The average molecular weight is 320 g/mol. The predicted octanol–water partition coefficient (Wildman–Crippen LogP) is 3.48. The van der Waals surface area contributed by atoms with E-state index in [2.05, 4.69) is 29.8 Å². The first kappa shape index (κ1) is 12.5. The Hall–Kier alpha value is -0.000000000000000111. The predicted molar refractivity (Wildman–Crippen MR) is 74.4 cm³/mol. The second-order valence-electron chi connectivity index (χ2n) is 3.91. The van der Waals surface area contributed by atoms with E-state index in [0.717, 1.165) is 21.6 Å². The highest BCUT2D eigenvalue weighted by molar-refractivity contribution is 9.10. The topological polar surface area (TPSA) is 20.3 Å². The first-order valence-corrected chi connectivity index (χ1v) is 7.99. The molecular formula is C11H14BrNOS2. The number of amides is 1. The Morgan fingerprint density at radius 2 is 2.31 bits per heavy atom. The number of nitrogens with zero attached hydrogens (tertiary/aromatic N) is 1. The number of halogens is 1. The molecular weight excluding hydrogens is 306 g/mol. The van der Waals surface area contributed by atoms with Crippen molar-refractivity contribution in [3.8, 4) is 0 Å². The van der Waals surface area contributed by atoms with Crippen LogP contribution in [0.2, 0.25) is 0 Å². The van der Waals surface area contributed by atoms with Crippen LogP contribution in [0, 0.1) is 0 Å². The normalized spacial score (nSPS) is 25.8. The van der Waals surface area contributed by atoms with Gasteiger partial charge >= 0.3 is 0 Å². The molecule has 2 heterocycles. The molecule has 0 bridgehead atoms. The van der Waals surface area contributed by atoms with Gasteiger partial charge in [0.05, 0.1) is 0 Å². The Kier molecular flexibility index (Phi) is 3.97. The standard InChI is InChI=1S/C11H14BrNOS2/c1-7-8(2)15-6-4-13(7)11(14)10-9(12)3-5-16-10/h3,5,7-8H,4,6H2,1-2H3. The van der Waals surface area contributed by atoms with Crippen molar-refractivity contribution in [1.29, 1.82) is 0 Å². The van der Waals surface area contributed by atoms with Gasteiger partial charge in [0.1, 0.15) is 4.88 Å². The van der Waals surface area contributed by atoms with E-state index in [9.17, 15) is 4.79 Å². The Balaban J connectivity index is 2.18. The molecule has 1 aromatic rings. The number of thioether (sulfide) groups is 1. The van der Waals surface area contributed by atoms with Gasteiger partial charge in [0, 0.05) is 28.1 Å². The minimum absolute atomic E-state index is 0.168. The van der Waals surface area contributed by atoms with Crippen LogP contribution in [0.1, 0.15) is 23.5 Å². The second-order valence-corrected chi connectivity index (χ2v) is 7.17. The molecule has 0 radical (unpaired) electrons. The van der Waals surface area contributed by atoms with Crippen molar-refractivity contribution in [3.05, 3.63) is 20.8 Å². The molecule has 1 fully saturated rings. The van der Waals surface area contributed by atoms with Gasteiger partial charge in [0.25, 0.3) is 5.91 Å². The fourth-order valence-electron chi connectivity index (χ4n) is 1.80. The summed E-state index contributed by atoms with van der Waals surface area (Å²) < 4.78 is 0.917. The van der Waals surface area contributed by atoms with Crippen LogP contribution in [0.5, 0.6) is 0 Å². The SMILES string of the molecule is CC1SCCN(C(=O)c2sccc2Br)C1C. The highest BCUT2D eigenvalue weighted by atomic mass is 79.9. The molecule has 16 heavy (non-hydrogen) atoms. The van der Waals surface area contributed by atoms with Crippen LogP contribution in [0.4, 0.5) is 0 Å². The molecule has 0 aromatic carbocycles. The molecule has 0 aliphatic carbocycles. The van der Waals surface area contributed by atoms with Gasteiger partial charge < -0.3 is 4.90 Å². The zero-order valence-corrected chi connectivity index (χ0v) is 12.5. The van der Waals surface area contributed by atoms with Crippen molar-refractivity contribution in [2.45, 2.75) is 25.1 Å². The second kappa shape index (κ2) is 5.10. The summed E-state index contributed by atoms with van der Waals surface area (Å²) in [7, 11) is 0. The molecule has 2 rings (SSSR count). The van der Waals surface area contributed by atoms with E-state index in [-0.39, 0.29) is 5.91 Å². The summed E-state index contributed by atoms with van der Waals surface area (Å²) in [6, 6.07) is 2.25. The molecule has 1 amide bonds. The molecule has 0 saturated carbocycles. The molecule has 0 N–H and O–H groups in total. The molecule has 1 aliphatic heterocycles. The lowest BCUT2D eigenvalue weighted by Gasteiger charge is -2.37. The maximum absolute atomic E-state index is 12.3. The lowest BCUT2D eigenvalue weighted by atomic mass is 10.2. The molecule has 0 spiro atoms. The van der Waals surface area contributed by atoms with Crippen molar-refractivity contribution in [2.75, 3.05) is 12.3 Å². The number of hydrogen-bond acceptors (Lipinski definition) is 3. The summed E-state index contributed by atoms with van der Waals surface area (Å²) in [5, 5.41) is 2.47. The van der Waals surface area contributed by atoms with Gasteiger partial charge in [-0.05, 0) is 34.3 Å². The van der Waals surface area contributed by atoms with E-state index in [0.29, 0.717) is 11.3 Å². The summed E-state index contributed by atoms with van der Waals surface area (Å²) in [6.07, 6.45) is 0. The van der Waals surface area contributed by atoms with E-state index in [1.807, 2.05) is 28.1 Å². The van der Waals surface area contributed by atoms with Crippen LogP contribution in [-0.2, 0) is 0 Å². The van der Waals surface area contributed by atoms with Gasteiger partial charge in [0.15, 0.2) is 0 Å². The van der Waals surface area contributed by atoms with Crippen molar-refractivity contribution in [3.63, 3.8) is 0 Å². The molecule has 88 valence electrons. The molecule has 1 saturated heterocycles. The summed E-state index contributed by atoms with van der Waals surface area (Å²) in [5.41, 5.74) is 0. The molecule has 1 aromatic heterocycles. The Morgan fingerprint density at radius 1 is 1.56 bits per heavy atom. The number of rotatable bonds is 1. The van der Waals surface area contributed by atoms with Crippen molar-refractivity contribution in [2.24, 2.45) is 0 Å². The molecule has 2 unspecified atom stereocenters. The van der Waals surface area contributed by atoms with Crippen LogP contribution in [-0.4, -0.2) is 34.4 Å². The van der Waals surface area contributed by atoms with Gasteiger partial charge in [-0.25, -0.2) is 0 Å². The minimum atomic E-state index is 0.168. The Morgan fingerprint density at radius 3 is 2.94 bits per heavy atom. The van der Waals surface area contributed by atoms with Crippen LogP contribution in [0.15, 0.2) is 15.9 Å². The van der Waals surface area contributed by atoms with Crippen molar-refractivity contribution in [1.82, 2.24) is 4.90 Å². The highest BCUT2D eigenvalue weighted by Crippen LogP contribution is 2.29. The van der Waals surface area contributed by atoms with E-state index >= 15 is 0 Å². The summed E-state index contributed by atoms with van der Waals surface area (Å²) in [4.78, 5) is 15.2. The molecule has 2 nitrogen and oxygen atoms in total. The van der Waals surface area contributed by atoms with Crippen LogP contribution < -0.4 is 0 Å². The van der Waals surface area contributed by atoms with Gasteiger partial charge in [-0.1, -0.05) is 6.92 Å². The van der Waals surface area contributed by atoms with Gasteiger partial charge in [-0.15, -0.1) is 11.3 Å². The number of thiophene rings is 1. The Bertz CT molecular complexity index is 393.